The second kappa shape index (κ2) is 4.24. The smallest absolute Gasteiger partial charge is 0.00391 e. The molecule has 0 aliphatic carbocycles. The fourth-order valence-electron chi connectivity index (χ4n) is 1.57. The predicted octanol–water partition coefficient (Wildman–Crippen LogP) is 1.72. The lowest BCUT2D eigenvalue weighted by atomic mass is 9.90. The summed E-state index contributed by atoms with van der Waals surface area (Å²) in [5.41, 5.74) is 5.51. The maximum absolute atomic E-state index is 5.51. The monoisotopic (exact) mass is 159 g/mol. The molecule has 0 radical (unpaired) electrons. The van der Waals surface area contributed by atoms with Crippen LogP contribution in [0.5, 0.6) is 0 Å². The van der Waals surface area contributed by atoms with Crippen LogP contribution < -0.4 is 5.73 Å². The molecule has 0 spiro atoms. The fourth-order valence-corrected chi connectivity index (χ4v) is 2.85. The molecule has 2 atom stereocenters. The molecule has 0 aromatic heterocycles. The second-order valence-electron chi connectivity index (χ2n) is 3.18. The third-order valence-corrected chi connectivity index (χ3v) is 3.64. The third kappa shape index (κ3) is 2.17. The van der Waals surface area contributed by atoms with E-state index in [4.69, 9.17) is 5.73 Å². The summed E-state index contributed by atoms with van der Waals surface area (Å²) in [6, 6.07) is 0. The molecule has 0 aromatic rings. The van der Waals surface area contributed by atoms with Gasteiger partial charge in [0.25, 0.3) is 0 Å². The Morgan fingerprint density at radius 1 is 1.60 bits per heavy atom. The first-order valence-corrected chi connectivity index (χ1v) is 5.28. The Bertz CT molecular complexity index is 93.3. The minimum Gasteiger partial charge on any atom is -0.330 e. The van der Waals surface area contributed by atoms with Gasteiger partial charge in [-0.05, 0) is 42.7 Å². The van der Waals surface area contributed by atoms with E-state index in [1.54, 1.807) is 0 Å². The van der Waals surface area contributed by atoms with Gasteiger partial charge in [0.15, 0.2) is 0 Å². The van der Waals surface area contributed by atoms with Crippen molar-refractivity contribution < 1.29 is 0 Å². The normalized spacial score (nSPS) is 34.2. The average molecular weight is 159 g/mol. The number of thioether (sulfide) groups is 1. The third-order valence-electron chi connectivity index (χ3n) is 2.36. The standard InChI is InChI=1S/C8H17NS/c1-7-6-10-5-3-8(7)2-4-9/h7-8H,2-6,9H2,1H3. The highest BCUT2D eigenvalue weighted by atomic mass is 32.2. The maximum Gasteiger partial charge on any atom is -0.00391 e. The van der Waals surface area contributed by atoms with Crippen molar-refractivity contribution in [1.29, 1.82) is 0 Å². The van der Waals surface area contributed by atoms with E-state index >= 15 is 0 Å². The predicted molar refractivity (Wildman–Crippen MR) is 48.3 cm³/mol. The van der Waals surface area contributed by atoms with Crippen LogP contribution in [0.2, 0.25) is 0 Å². The zero-order valence-corrected chi connectivity index (χ0v) is 7.49. The molecule has 1 fully saturated rings. The zero-order chi connectivity index (χ0) is 7.40. The van der Waals surface area contributed by atoms with E-state index in [9.17, 15) is 0 Å². The average Bonchev–Trinajstić information content (AvgIpc) is 1.94. The van der Waals surface area contributed by atoms with Gasteiger partial charge in [-0.2, -0.15) is 11.8 Å². The molecule has 0 amide bonds. The Hall–Kier alpha value is 0.310. The summed E-state index contributed by atoms with van der Waals surface area (Å²) in [5, 5.41) is 0. The highest BCUT2D eigenvalue weighted by molar-refractivity contribution is 7.99. The summed E-state index contributed by atoms with van der Waals surface area (Å²) in [6.45, 7) is 3.23. The summed E-state index contributed by atoms with van der Waals surface area (Å²) in [6.07, 6.45) is 2.63. The van der Waals surface area contributed by atoms with Crippen LogP contribution in [-0.2, 0) is 0 Å². The minimum atomic E-state index is 0.875. The van der Waals surface area contributed by atoms with Gasteiger partial charge in [0, 0.05) is 0 Å². The quantitative estimate of drug-likeness (QED) is 0.664. The Kier molecular flexibility index (Phi) is 3.57. The first-order valence-electron chi connectivity index (χ1n) is 4.12. The summed E-state index contributed by atoms with van der Waals surface area (Å²) < 4.78 is 0. The lowest BCUT2D eigenvalue weighted by molar-refractivity contribution is 0.352. The van der Waals surface area contributed by atoms with E-state index in [2.05, 4.69) is 18.7 Å². The van der Waals surface area contributed by atoms with Crippen LogP contribution in [-0.4, -0.2) is 18.1 Å². The summed E-state index contributed by atoms with van der Waals surface area (Å²) in [7, 11) is 0. The first kappa shape index (κ1) is 8.41. The van der Waals surface area contributed by atoms with Crippen LogP contribution in [0, 0.1) is 11.8 Å². The van der Waals surface area contributed by atoms with Gasteiger partial charge in [-0.25, -0.2) is 0 Å². The van der Waals surface area contributed by atoms with Crippen molar-refractivity contribution in [3.05, 3.63) is 0 Å². The van der Waals surface area contributed by atoms with Crippen LogP contribution in [0.3, 0.4) is 0 Å². The maximum atomic E-state index is 5.51. The number of hydrogen-bond acceptors (Lipinski definition) is 2. The van der Waals surface area contributed by atoms with E-state index in [0.717, 1.165) is 18.4 Å². The summed E-state index contributed by atoms with van der Waals surface area (Å²) >= 11 is 2.09. The lowest BCUT2D eigenvalue weighted by Crippen LogP contribution is -2.22. The van der Waals surface area contributed by atoms with Crippen LogP contribution >= 0.6 is 11.8 Å². The Balaban J connectivity index is 2.25. The molecule has 2 unspecified atom stereocenters. The minimum absolute atomic E-state index is 0.875. The fraction of sp³-hybridized carbons (Fsp3) is 1.00. The molecule has 1 saturated heterocycles. The van der Waals surface area contributed by atoms with E-state index < -0.39 is 0 Å². The van der Waals surface area contributed by atoms with Crippen molar-refractivity contribution >= 4 is 11.8 Å². The van der Waals surface area contributed by atoms with Crippen molar-refractivity contribution in [2.45, 2.75) is 19.8 Å². The first-order chi connectivity index (χ1) is 4.84. The Morgan fingerprint density at radius 2 is 2.40 bits per heavy atom. The van der Waals surface area contributed by atoms with Crippen molar-refractivity contribution in [3.63, 3.8) is 0 Å². The topological polar surface area (TPSA) is 26.0 Å². The molecule has 60 valence electrons. The van der Waals surface area contributed by atoms with E-state index in [1.807, 2.05) is 0 Å². The molecule has 1 nitrogen and oxygen atoms in total. The highest BCUT2D eigenvalue weighted by Crippen LogP contribution is 2.29. The summed E-state index contributed by atoms with van der Waals surface area (Å²) in [5.74, 6) is 4.54. The van der Waals surface area contributed by atoms with Gasteiger partial charge in [-0.15, -0.1) is 0 Å². The SMILES string of the molecule is CC1CSCCC1CCN. The van der Waals surface area contributed by atoms with E-state index in [-0.39, 0.29) is 0 Å². The van der Waals surface area contributed by atoms with Gasteiger partial charge in [-0.1, -0.05) is 6.92 Å². The van der Waals surface area contributed by atoms with Crippen LogP contribution in [0.25, 0.3) is 0 Å². The molecule has 2 heteroatoms. The molecule has 0 aromatic carbocycles. The van der Waals surface area contributed by atoms with E-state index in [1.165, 1.54) is 24.3 Å². The van der Waals surface area contributed by atoms with Crippen molar-refractivity contribution in [1.82, 2.24) is 0 Å². The molecular formula is C8H17NS. The van der Waals surface area contributed by atoms with Crippen LogP contribution in [0.1, 0.15) is 19.8 Å². The summed E-state index contributed by atoms with van der Waals surface area (Å²) in [4.78, 5) is 0. The molecule has 0 saturated carbocycles. The second-order valence-corrected chi connectivity index (χ2v) is 4.33. The van der Waals surface area contributed by atoms with Crippen LogP contribution in [0.15, 0.2) is 0 Å². The molecule has 1 aliphatic rings. The molecule has 1 aliphatic heterocycles. The molecule has 1 heterocycles. The Labute approximate surface area is 67.8 Å². The molecular weight excluding hydrogens is 142 g/mol. The van der Waals surface area contributed by atoms with Gasteiger partial charge < -0.3 is 5.73 Å². The molecule has 0 bridgehead atoms. The lowest BCUT2D eigenvalue weighted by Gasteiger charge is -2.27. The number of hydrogen-bond donors (Lipinski definition) is 1. The molecule has 10 heavy (non-hydrogen) atoms. The van der Waals surface area contributed by atoms with Gasteiger partial charge >= 0.3 is 0 Å². The number of nitrogens with two attached hydrogens (primary N) is 1. The van der Waals surface area contributed by atoms with E-state index in [0.29, 0.717) is 0 Å². The highest BCUT2D eigenvalue weighted by Gasteiger charge is 2.20. The molecule has 2 N–H and O–H groups in total. The molecule has 1 rings (SSSR count). The van der Waals surface area contributed by atoms with Crippen LogP contribution in [0.4, 0.5) is 0 Å². The van der Waals surface area contributed by atoms with Gasteiger partial charge in [0.1, 0.15) is 0 Å². The van der Waals surface area contributed by atoms with Crippen molar-refractivity contribution in [3.8, 4) is 0 Å². The largest absolute Gasteiger partial charge is 0.330 e. The van der Waals surface area contributed by atoms with Gasteiger partial charge in [0.2, 0.25) is 0 Å². The zero-order valence-electron chi connectivity index (χ0n) is 6.68. The Morgan fingerprint density at radius 3 is 3.00 bits per heavy atom. The van der Waals surface area contributed by atoms with Gasteiger partial charge in [-0.3, -0.25) is 0 Å². The van der Waals surface area contributed by atoms with Crippen molar-refractivity contribution in [2.75, 3.05) is 18.1 Å². The number of rotatable bonds is 2. The van der Waals surface area contributed by atoms with Crippen molar-refractivity contribution in [2.24, 2.45) is 17.6 Å². The van der Waals surface area contributed by atoms with Gasteiger partial charge in [0.05, 0.1) is 0 Å².